The summed E-state index contributed by atoms with van der Waals surface area (Å²) in [6.45, 7) is 1.13. The minimum absolute atomic E-state index is 0.0449. The average molecular weight is 296 g/mol. The van der Waals surface area contributed by atoms with Crippen LogP contribution >= 0.6 is 11.8 Å². The molecule has 8 heteroatoms. The second-order valence-corrected chi connectivity index (χ2v) is 5.46. The quantitative estimate of drug-likeness (QED) is 0.669. The number of amides is 1. The van der Waals surface area contributed by atoms with E-state index in [4.69, 9.17) is 5.11 Å². The number of nitro groups is 1. The molecule has 106 valence electrons. The van der Waals surface area contributed by atoms with E-state index < -0.39 is 10.9 Å². The fraction of sp³-hybridized carbons (Fsp3) is 0.333. The first-order chi connectivity index (χ1) is 9.49. The number of benzene rings is 1. The molecular weight excluding hydrogens is 284 g/mol. The number of aromatic carboxylic acids is 1. The Balaban J connectivity index is 2.36. The van der Waals surface area contributed by atoms with Crippen molar-refractivity contribution in [3.8, 4) is 0 Å². The van der Waals surface area contributed by atoms with E-state index in [-0.39, 0.29) is 22.7 Å². The molecule has 0 bridgehead atoms. The molecule has 1 aliphatic heterocycles. The molecule has 0 aliphatic carbocycles. The molecule has 0 aromatic heterocycles. The number of carboxylic acids is 1. The fourth-order valence-corrected chi connectivity index (χ4v) is 2.82. The highest BCUT2D eigenvalue weighted by atomic mass is 32.2. The summed E-state index contributed by atoms with van der Waals surface area (Å²) < 4.78 is 0. The SMILES string of the molecule is O=C(O)c1cc(C(=O)N2CCSCC2)cc([N+](=O)[O-])c1. The molecule has 1 aromatic carbocycles. The van der Waals surface area contributed by atoms with Crippen LogP contribution in [0.4, 0.5) is 5.69 Å². The van der Waals surface area contributed by atoms with Crippen LogP contribution in [0.5, 0.6) is 0 Å². The van der Waals surface area contributed by atoms with Crippen molar-refractivity contribution < 1.29 is 19.6 Å². The predicted octanol–water partition coefficient (Wildman–Crippen LogP) is 1.48. The second-order valence-electron chi connectivity index (χ2n) is 4.24. The maximum atomic E-state index is 12.3. The molecule has 1 aliphatic rings. The Morgan fingerprint density at radius 3 is 2.35 bits per heavy atom. The topological polar surface area (TPSA) is 101 Å². The fourth-order valence-electron chi connectivity index (χ4n) is 1.91. The number of carbonyl (C=O) groups is 2. The Bertz CT molecular complexity index is 537. The van der Waals surface area contributed by atoms with Gasteiger partial charge in [-0.3, -0.25) is 14.9 Å². The van der Waals surface area contributed by atoms with Crippen molar-refractivity contribution in [2.45, 2.75) is 0 Å². The number of hydrogen-bond acceptors (Lipinski definition) is 5. The molecule has 2 rings (SSSR count). The molecule has 1 saturated heterocycles. The lowest BCUT2D eigenvalue weighted by atomic mass is 10.1. The number of carboxylic acid groups (broad SMARTS) is 1. The van der Waals surface area contributed by atoms with E-state index in [0.717, 1.165) is 23.6 Å². The molecule has 20 heavy (non-hydrogen) atoms. The number of thioether (sulfide) groups is 1. The summed E-state index contributed by atoms with van der Waals surface area (Å²) in [6.07, 6.45) is 0. The highest BCUT2D eigenvalue weighted by Crippen LogP contribution is 2.20. The molecule has 1 heterocycles. The third kappa shape index (κ3) is 3.08. The van der Waals surface area contributed by atoms with Gasteiger partial charge in [0.05, 0.1) is 10.5 Å². The van der Waals surface area contributed by atoms with E-state index in [1.165, 1.54) is 6.07 Å². The lowest BCUT2D eigenvalue weighted by Crippen LogP contribution is -2.38. The van der Waals surface area contributed by atoms with Gasteiger partial charge in [-0.2, -0.15) is 11.8 Å². The van der Waals surface area contributed by atoms with Gasteiger partial charge in [0.25, 0.3) is 11.6 Å². The van der Waals surface area contributed by atoms with Gasteiger partial charge in [0, 0.05) is 42.3 Å². The van der Waals surface area contributed by atoms with Gasteiger partial charge in [-0.05, 0) is 6.07 Å². The van der Waals surface area contributed by atoms with E-state index >= 15 is 0 Å². The Labute approximate surface area is 118 Å². The van der Waals surface area contributed by atoms with Crippen molar-refractivity contribution in [3.63, 3.8) is 0 Å². The van der Waals surface area contributed by atoms with E-state index in [1.807, 2.05) is 0 Å². The largest absolute Gasteiger partial charge is 0.478 e. The smallest absolute Gasteiger partial charge is 0.335 e. The van der Waals surface area contributed by atoms with Crippen molar-refractivity contribution >= 4 is 29.3 Å². The first-order valence-corrected chi connectivity index (χ1v) is 7.04. The van der Waals surface area contributed by atoms with Crippen LogP contribution in [0.3, 0.4) is 0 Å². The number of nitro benzene ring substituents is 1. The summed E-state index contributed by atoms with van der Waals surface area (Å²) >= 11 is 1.73. The van der Waals surface area contributed by atoms with Crippen LogP contribution in [-0.4, -0.2) is 51.4 Å². The summed E-state index contributed by atoms with van der Waals surface area (Å²) in [6, 6.07) is 3.25. The summed E-state index contributed by atoms with van der Waals surface area (Å²) in [5.74, 6) is -0.0349. The van der Waals surface area contributed by atoms with Crippen LogP contribution in [0.2, 0.25) is 0 Å². The maximum absolute atomic E-state index is 12.3. The van der Waals surface area contributed by atoms with Crippen molar-refractivity contribution in [1.82, 2.24) is 4.90 Å². The molecule has 0 spiro atoms. The van der Waals surface area contributed by atoms with Gasteiger partial charge in [0.15, 0.2) is 0 Å². The molecule has 1 aromatic rings. The lowest BCUT2D eigenvalue weighted by Gasteiger charge is -2.26. The minimum atomic E-state index is -1.29. The van der Waals surface area contributed by atoms with Gasteiger partial charge in [-0.25, -0.2) is 4.79 Å². The second kappa shape index (κ2) is 5.91. The number of carbonyl (C=O) groups excluding carboxylic acids is 1. The van der Waals surface area contributed by atoms with E-state index in [1.54, 1.807) is 16.7 Å². The molecular formula is C12H12N2O5S. The Kier molecular flexibility index (Phi) is 4.23. The number of non-ortho nitro benzene ring substituents is 1. The first kappa shape index (κ1) is 14.3. The van der Waals surface area contributed by atoms with Crippen molar-refractivity contribution in [3.05, 3.63) is 39.4 Å². The van der Waals surface area contributed by atoms with E-state index in [0.29, 0.717) is 13.1 Å². The molecule has 1 fully saturated rings. The summed E-state index contributed by atoms with van der Waals surface area (Å²) in [4.78, 5) is 34.9. The zero-order valence-electron chi connectivity index (χ0n) is 10.4. The standard InChI is InChI=1S/C12H12N2O5S/c15-11(13-1-3-20-4-2-13)8-5-9(12(16)17)7-10(6-8)14(18)19/h5-7H,1-4H2,(H,16,17). The van der Waals surface area contributed by atoms with Crippen LogP contribution < -0.4 is 0 Å². The molecule has 1 amide bonds. The lowest BCUT2D eigenvalue weighted by molar-refractivity contribution is -0.384. The van der Waals surface area contributed by atoms with Crippen LogP contribution in [-0.2, 0) is 0 Å². The van der Waals surface area contributed by atoms with Crippen molar-refractivity contribution in [2.24, 2.45) is 0 Å². The summed E-state index contributed by atoms with van der Waals surface area (Å²) in [5, 5.41) is 19.8. The third-order valence-corrected chi connectivity index (χ3v) is 3.86. The van der Waals surface area contributed by atoms with Crippen molar-refractivity contribution in [2.75, 3.05) is 24.6 Å². The van der Waals surface area contributed by atoms with Gasteiger partial charge in [0.1, 0.15) is 0 Å². The highest BCUT2D eigenvalue weighted by Gasteiger charge is 2.22. The van der Waals surface area contributed by atoms with Crippen LogP contribution in [0.25, 0.3) is 0 Å². The van der Waals surface area contributed by atoms with Crippen LogP contribution in [0.1, 0.15) is 20.7 Å². The number of hydrogen-bond donors (Lipinski definition) is 1. The molecule has 0 saturated carbocycles. The molecule has 7 nitrogen and oxygen atoms in total. The highest BCUT2D eigenvalue weighted by molar-refractivity contribution is 7.99. The molecule has 0 atom stereocenters. The normalized spacial score (nSPS) is 14.9. The molecule has 0 radical (unpaired) electrons. The third-order valence-electron chi connectivity index (χ3n) is 2.92. The van der Waals surface area contributed by atoms with Gasteiger partial charge in [0.2, 0.25) is 0 Å². The predicted molar refractivity (Wildman–Crippen MR) is 73.3 cm³/mol. The van der Waals surface area contributed by atoms with Crippen LogP contribution in [0.15, 0.2) is 18.2 Å². The van der Waals surface area contributed by atoms with E-state index in [2.05, 4.69) is 0 Å². The van der Waals surface area contributed by atoms with Gasteiger partial charge in [-0.15, -0.1) is 0 Å². The van der Waals surface area contributed by atoms with Gasteiger partial charge < -0.3 is 10.0 Å². The minimum Gasteiger partial charge on any atom is -0.478 e. The number of nitrogens with zero attached hydrogens (tertiary/aromatic N) is 2. The van der Waals surface area contributed by atoms with Crippen molar-refractivity contribution in [1.29, 1.82) is 0 Å². The summed E-state index contributed by atoms with van der Waals surface area (Å²) in [5.41, 5.74) is -0.600. The first-order valence-electron chi connectivity index (χ1n) is 5.89. The zero-order valence-corrected chi connectivity index (χ0v) is 11.3. The Hall–Kier alpha value is -2.09. The average Bonchev–Trinajstić information content (AvgIpc) is 2.46. The zero-order chi connectivity index (χ0) is 14.7. The number of rotatable bonds is 3. The Morgan fingerprint density at radius 1 is 1.20 bits per heavy atom. The molecule has 1 N–H and O–H groups in total. The monoisotopic (exact) mass is 296 g/mol. The van der Waals surface area contributed by atoms with Crippen LogP contribution in [0, 0.1) is 10.1 Å². The van der Waals surface area contributed by atoms with Gasteiger partial charge in [-0.1, -0.05) is 0 Å². The van der Waals surface area contributed by atoms with Gasteiger partial charge >= 0.3 is 5.97 Å². The molecule has 0 unspecified atom stereocenters. The Morgan fingerprint density at radius 2 is 1.80 bits per heavy atom. The maximum Gasteiger partial charge on any atom is 0.335 e. The van der Waals surface area contributed by atoms with E-state index in [9.17, 15) is 19.7 Å². The summed E-state index contributed by atoms with van der Waals surface area (Å²) in [7, 11) is 0.